The highest BCUT2D eigenvalue weighted by atomic mass is 16.8. The molecule has 1 radical (unpaired) electrons. The predicted octanol–water partition coefficient (Wildman–Crippen LogP) is -1.19. The Hall–Kier alpha value is -0.160. The Balaban J connectivity index is 3.71. The highest BCUT2D eigenvalue weighted by Gasteiger charge is 2.28. The van der Waals surface area contributed by atoms with Crippen LogP contribution in [-0.4, -0.2) is 27.4 Å². The highest BCUT2D eigenvalue weighted by molar-refractivity contribution is 4.56. The molecule has 1 unspecified atom stereocenters. The van der Waals surface area contributed by atoms with Crippen LogP contribution in [0.3, 0.4) is 0 Å². The Morgan fingerprint density at radius 3 is 2.00 bits per heavy atom. The van der Waals surface area contributed by atoms with E-state index in [1.807, 2.05) is 0 Å². The van der Waals surface area contributed by atoms with Crippen molar-refractivity contribution in [2.45, 2.75) is 19.0 Å². The van der Waals surface area contributed by atoms with Gasteiger partial charge in [0.2, 0.25) is 0 Å². The minimum Gasteiger partial charge on any atom is -0.385 e. The highest BCUT2D eigenvalue weighted by Crippen LogP contribution is 2.05. The van der Waals surface area contributed by atoms with Gasteiger partial charge in [-0.1, -0.05) is 0 Å². The SMILES string of the molecule is [CH2]OC(O)(O)C(C)O. The zero-order valence-corrected chi connectivity index (χ0v) is 4.53. The second-order valence-corrected chi connectivity index (χ2v) is 1.48. The molecule has 0 aliphatic rings. The summed E-state index contributed by atoms with van der Waals surface area (Å²) >= 11 is 0. The lowest BCUT2D eigenvalue weighted by atomic mass is 10.3. The summed E-state index contributed by atoms with van der Waals surface area (Å²) in [5, 5.41) is 25.3. The van der Waals surface area contributed by atoms with Gasteiger partial charge in [-0.15, -0.1) is 0 Å². The van der Waals surface area contributed by atoms with Crippen molar-refractivity contribution in [3.8, 4) is 0 Å². The van der Waals surface area contributed by atoms with E-state index in [-0.39, 0.29) is 0 Å². The van der Waals surface area contributed by atoms with E-state index in [2.05, 4.69) is 11.8 Å². The van der Waals surface area contributed by atoms with Crippen LogP contribution in [0.1, 0.15) is 6.92 Å². The molecule has 0 aromatic rings. The second kappa shape index (κ2) is 2.41. The summed E-state index contributed by atoms with van der Waals surface area (Å²) in [5.74, 6) is -2.51. The molecule has 0 aromatic carbocycles. The number of rotatable bonds is 2. The van der Waals surface area contributed by atoms with Crippen molar-refractivity contribution in [2.75, 3.05) is 0 Å². The topological polar surface area (TPSA) is 69.9 Å². The fourth-order valence-corrected chi connectivity index (χ4v) is 0.121. The van der Waals surface area contributed by atoms with Gasteiger partial charge < -0.3 is 20.1 Å². The number of aliphatic hydroxyl groups excluding tert-OH is 1. The summed E-state index contributed by atoms with van der Waals surface area (Å²) in [5.41, 5.74) is 0. The Labute approximate surface area is 47.3 Å². The van der Waals surface area contributed by atoms with Gasteiger partial charge in [-0.05, 0) is 6.92 Å². The molecule has 0 aliphatic heterocycles. The normalized spacial score (nSPS) is 16.1. The summed E-state index contributed by atoms with van der Waals surface area (Å²) < 4.78 is 3.81. The van der Waals surface area contributed by atoms with E-state index in [4.69, 9.17) is 15.3 Å². The van der Waals surface area contributed by atoms with E-state index in [9.17, 15) is 0 Å². The monoisotopic (exact) mass is 121 g/mol. The first-order chi connectivity index (χ1) is 3.50. The summed E-state index contributed by atoms with van der Waals surface area (Å²) in [6.45, 7) is 1.17. The standard InChI is InChI=1S/C4H9O4/c1-3(5)4(6,7)8-2/h3,5-7H,2H2,1H3. The van der Waals surface area contributed by atoms with Crippen LogP contribution in [-0.2, 0) is 4.74 Å². The molecule has 3 N–H and O–H groups in total. The third-order valence-corrected chi connectivity index (χ3v) is 0.757. The molecule has 0 spiro atoms. The molecule has 0 heterocycles. The Morgan fingerprint density at radius 2 is 2.00 bits per heavy atom. The first kappa shape index (κ1) is 7.84. The fraction of sp³-hybridized carbons (Fsp3) is 0.750. The lowest BCUT2D eigenvalue weighted by Crippen LogP contribution is -2.41. The average molecular weight is 121 g/mol. The first-order valence-corrected chi connectivity index (χ1v) is 2.06. The molecule has 8 heavy (non-hydrogen) atoms. The second-order valence-electron chi connectivity index (χ2n) is 1.48. The van der Waals surface area contributed by atoms with Gasteiger partial charge in [0.05, 0.1) is 7.11 Å². The summed E-state index contributed by atoms with van der Waals surface area (Å²) in [4.78, 5) is 0. The fourth-order valence-electron chi connectivity index (χ4n) is 0.121. The first-order valence-electron chi connectivity index (χ1n) is 2.06. The largest absolute Gasteiger partial charge is 0.385 e. The van der Waals surface area contributed by atoms with Crippen molar-refractivity contribution in [1.29, 1.82) is 0 Å². The van der Waals surface area contributed by atoms with Crippen molar-refractivity contribution < 1.29 is 20.1 Å². The number of ether oxygens (including phenoxy) is 1. The van der Waals surface area contributed by atoms with E-state index >= 15 is 0 Å². The molecule has 0 amide bonds. The molecule has 0 saturated carbocycles. The van der Waals surface area contributed by atoms with Gasteiger partial charge in [0.25, 0.3) is 0 Å². The Kier molecular flexibility index (Phi) is 2.36. The molecular formula is C4H9O4. The molecule has 1 atom stereocenters. The molecule has 4 heteroatoms. The van der Waals surface area contributed by atoms with Crippen molar-refractivity contribution in [3.63, 3.8) is 0 Å². The number of aliphatic hydroxyl groups is 3. The maximum atomic E-state index is 8.42. The molecule has 4 nitrogen and oxygen atoms in total. The van der Waals surface area contributed by atoms with Gasteiger partial charge in [-0.2, -0.15) is 0 Å². The average Bonchev–Trinajstić information content (AvgIpc) is 1.67. The van der Waals surface area contributed by atoms with Crippen LogP contribution in [0.2, 0.25) is 0 Å². The van der Waals surface area contributed by atoms with E-state index in [0.717, 1.165) is 0 Å². The zero-order valence-electron chi connectivity index (χ0n) is 4.53. The maximum Gasteiger partial charge on any atom is 0.305 e. The van der Waals surface area contributed by atoms with E-state index in [0.29, 0.717) is 0 Å². The van der Waals surface area contributed by atoms with E-state index in [1.165, 1.54) is 6.92 Å². The lowest BCUT2D eigenvalue weighted by Gasteiger charge is -2.21. The molecule has 0 saturated heterocycles. The molecule has 0 rings (SSSR count). The third kappa shape index (κ3) is 1.75. The van der Waals surface area contributed by atoms with E-state index < -0.39 is 12.1 Å². The Bertz CT molecular complexity index is 68.4. The minimum absolute atomic E-state index is 1.17. The zero-order chi connectivity index (χ0) is 6.78. The van der Waals surface area contributed by atoms with Crippen LogP contribution in [0.5, 0.6) is 0 Å². The Morgan fingerprint density at radius 1 is 1.62 bits per heavy atom. The molecule has 49 valence electrons. The van der Waals surface area contributed by atoms with Gasteiger partial charge in [-0.3, -0.25) is 0 Å². The molecule has 0 aromatic heterocycles. The van der Waals surface area contributed by atoms with Crippen LogP contribution < -0.4 is 0 Å². The van der Waals surface area contributed by atoms with Crippen LogP contribution in [0.25, 0.3) is 0 Å². The van der Waals surface area contributed by atoms with Crippen LogP contribution >= 0.6 is 0 Å². The predicted molar refractivity (Wildman–Crippen MR) is 25.3 cm³/mol. The van der Waals surface area contributed by atoms with Crippen molar-refractivity contribution in [2.24, 2.45) is 0 Å². The molecule has 0 aliphatic carbocycles. The summed E-state index contributed by atoms with van der Waals surface area (Å²) in [7, 11) is 2.72. The lowest BCUT2D eigenvalue weighted by molar-refractivity contribution is -0.354. The number of hydrogen-bond acceptors (Lipinski definition) is 4. The van der Waals surface area contributed by atoms with Gasteiger partial charge in [0, 0.05) is 0 Å². The van der Waals surface area contributed by atoms with Gasteiger partial charge in [0.1, 0.15) is 6.10 Å². The van der Waals surface area contributed by atoms with Crippen LogP contribution in [0, 0.1) is 7.11 Å². The summed E-state index contributed by atoms with van der Waals surface area (Å²) in [6, 6.07) is 0. The molecular weight excluding hydrogens is 112 g/mol. The smallest absolute Gasteiger partial charge is 0.305 e. The van der Waals surface area contributed by atoms with Gasteiger partial charge in [0.15, 0.2) is 0 Å². The minimum atomic E-state index is -2.51. The van der Waals surface area contributed by atoms with Crippen molar-refractivity contribution in [1.82, 2.24) is 0 Å². The van der Waals surface area contributed by atoms with Gasteiger partial charge >= 0.3 is 5.97 Å². The molecule has 0 bridgehead atoms. The van der Waals surface area contributed by atoms with Crippen molar-refractivity contribution in [3.05, 3.63) is 7.11 Å². The van der Waals surface area contributed by atoms with Crippen LogP contribution in [0.4, 0.5) is 0 Å². The van der Waals surface area contributed by atoms with E-state index in [1.54, 1.807) is 0 Å². The van der Waals surface area contributed by atoms with Crippen LogP contribution in [0.15, 0.2) is 0 Å². The third-order valence-electron chi connectivity index (χ3n) is 0.757. The van der Waals surface area contributed by atoms with Gasteiger partial charge in [-0.25, -0.2) is 0 Å². The number of hydrogen-bond donors (Lipinski definition) is 3. The molecule has 0 fully saturated rings. The quantitative estimate of drug-likeness (QED) is 0.402. The van der Waals surface area contributed by atoms with Crippen molar-refractivity contribution >= 4 is 0 Å². The summed E-state index contributed by atoms with van der Waals surface area (Å²) in [6.07, 6.45) is -1.36. The maximum absolute atomic E-state index is 8.42.